The van der Waals surface area contributed by atoms with Gasteiger partial charge in [0, 0.05) is 0 Å². The first-order chi connectivity index (χ1) is 4.20. The molecule has 54 valence electrons. The highest BCUT2D eigenvalue weighted by atomic mass is 14.3. The van der Waals surface area contributed by atoms with Crippen LogP contribution >= 0.6 is 0 Å². The second kappa shape index (κ2) is 2.72. The minimum Gasteiger partial charge on any atom is -0.0625 e. The van der Waals surface area contributed by atoms with Gasteiger partial charge in [-0.15, -0.1) is 0 Å². The zero-order valence-corrected chi connectivity index (χ0v) is 6.85. The third-order valence-electron chi connectivity index (χ3n) is 2.86. The second-order valence-corrected chi connectivity index (χ2v) is 3.87. The number of hydrogen-bond acceptors (Lipinski definition) is 0. The second-order valence-electron chi connectivity index (χ2n) is 3.87. The maximum atomic E-state index is 2.39. The molecule has 1 saturated carbocycles. The summed E-state index contributed by atoms with van der Waals surface area (Å²) in [7, 11) is 0. The van der Waals surface area contributed by atoms with Crippen molar-refractivity contribution < 1.29 is 0 Å². The molecule has 0 amide bonds. The molecule has 0 bridgehead atoms. The Bertz CT molecular complexity index is 86.0. The monoisotopic (exact) mass is 126 g/mol. The van der Waals surface area contributed by atoms with Crippen LogP contribution in [0.3, 0.4) is 0 Å². The van der Waals surface area contributed by atoms with E-state index in [-0.39, 0.29) is 0 Å². The van der Waals surface area contributed by atoms with E-state index in [4.69, 9.17) is 0 Å². The van der Waals surface area contributed by atoms with E-state index in [0.717, 1.165) is 17.8 Å². The number of rotatable bonds is 0. The van der Waals surface area contributed by atoms with Gasteiger partial charge in [0.1, 0.15) is 0 Å². The smallest absolute Gasteiger partial charge is 0.0414 e. The van der Waals surface area contributed by atoms with Crippen molar-refractivity contribution in [2.75, 3.05) is 0 Å². The predicted octanol–water partition coefficient (Wildman–Crippen LogP) is 3.08. The summed E-state index contributed by atoms with van der Waals surface area (Å²) >= 11 is 0. The summed E-state index contributed by atoms with van der Waals surface area (Å²) in [4.78, 5) is 0. The summed E-state index contributed by atoms with van der Waals surface area (Å²) in [5, 5.41) is 0. The van der Waals surface area contributed by atoms with Crippen LogP contribution in [0.5, 0.6) is 0 Å². The molecule has 1 fully saturated rings. The van der Waals surface area contributed by atoms with Crippen molar-refractivity contribution in [3.63, 3.8) is 0 Å². The SMILES string of the molecule is CC1CC[C@H](C)[C@H](C)C1. The largest absolute Gasteiger partial charge is 0.0625 e. The van der Waals surface area contributed by atoms with E-state index >= 15 is 0 Å². The van der Waals surface area contributed by atoms with Gasteiger partial charge in [-0.05, 0) is 24.2 Å². The highest BCUT2D eigenvalue weighted by molar-refractivity contribution is 4.72. The van der Waals surface area contributed by atoms with Crippen LogP contribution in [0.4, 0.5) is 0 Å². The van der Waals surface area contributed by atoms with E-state index in [1.54, 1.807) is 0 Å². The van der Waals surface area contributed by atoms with Crippen LogP contribution in [-0.2, 0) is 0 Å². The molecule has 0 aromatic carbocycles. The molecule has 1 rings (SSSR count). The van der Waals surface area contributed by atoms with Gasteiger partial charge in [0.15, 0.2) is 0 Å². The first-order valence-corrected chi connectivity index (χ1v) is 4.20. The van der Waals surface area contributed by atoms with Crippen LogP contribution in [0, 0.1) is 17.8 Å². The van der Waals surface area contributed by atoms with Gasteiger partial charge < -0.3 is 0 Å². The molecule has 0 heterocycles. The first kappa shape index (κ1) is 7.11. The zero-order chi connectivity index (χ0) is 6.85. The van der Waals surface area contributed by atoms with E-state index < -0.39 is 0 Å². The van der Waals surface area contributed by atoms with Gasteiger partial charge in [0.05, 0.1) is 0 Å². The molecule has 3 atom stereocenters. The van der Waals surface area contributed by atoms with Gasteiger partial charge in [0.2, 0.25) is 0 Å². The number of hydrogen-bond donors (Lipinski definition) is 0. The molecule has 0 radical (unpaired) electrons. The molecule has 9 heavy (non-hydrogen) atoms. The van der Waals surface area contributed by atoms with E-state index in [9.17, 15) is 0 Å². The Kier molecular flexibility index (Phi) is 2.15. The molecular weight excluding hydrogens is 108 g/mol. The molecule has 1 aliphatic carbocycles. The lowest BCUT2D eigenvalue weighted by Crippen LogP contribution is -2.18. The van der Waals surface area contributed by atoms with Gasteiger partial charge in [-0.25, -0.2) is 0 Å². The van der Waals surface area contributed by atoms with Gasteiger partial charge in [-0.3, -0.25) is 0 Å². The lowest BCUT2D eigenvalue weighted by molar-refractivity contribution is 0.220. The predicted molar refractivity (Wildman–Crippen MR) is 41.3 cm³/mol. The van der Waals surface area contributed by atoms with Crippen LogP contribution < -0.4 is 0 Å². The molecule has 0 spiro atoms. The Balaban J connectivity index is 2.35. The van der Waals surface area contributed by atoms with Crippen LogP contribution in [0.25, 0.3) is 0 Å². The summed E-state index contributed by atoms with van der Waals surface area (Å²) in [6.07, 6.45) is 4.38. The normalized spacial score (nSPS) is 45.0. The van der Waals surface area contributed by atoms with Crippen molar-refractivity contribution in [3.8, 4) is 0 Å². The summed E-state index contributed by atoms with van der Waals surface area (Å²) < 4.78 is 0. The van der Waals surface area contributed by atoms with E-state index in [1.807, 2.05) is 0 Å². The minimum atomic E-state index is 0.980. The highest BCUT2D eigenvalue weighted by Gasteiger charge is 2.20. The quantitative estimate of drug-likeness (QED) is 0.468. The zero-order valence-electron chi connectivity index (χ0n) is 6.85. The Morgan fingerprint density at radius 1 is 0.889 bits per heavy atom. The minimum absolute atomic E-state index is 0.980. The van der Waals surface area contributed by atoms with Gasteiger partial charge >= 0.3 is 0 Å². The molecule has 1 aliphatic rings. The molecule has 0 N–H and O–H groups in total. The molecule has 0 aromatic rings. The third kappa shape index (κ3) is 1.70. The van der Waals surface area contributed by atoms with Gasteiger partial charge in [-0.1, -0.05) is 33.6 Å². The van der Waals surface area contributed by atoms with Crippen molar-refractivity contribution in [1.29, 1.82) is 0 Å². The Morgan fingerprint density at radius 2 is 1.56 bits per heavy atom. The maximum absolute atomic E-state index is 2.39. The van der Waals surface area contributed by atoms with Crippen LogP contribution in [0.1, 0.15) is 40.0 Å². The fourth-order valence-electron chi connectivity index (χ4n) is 1.82. The summed E-state index contributed by atoms with van der Waals surface area (Å²) in [5.74, 6) is 2.96. The Labute approximate surface area is 58.7 Å². The molecular formula is C9H18. The van der Waals surface area contributed by atoms with E-state index in [1.165, 1.54) is 19.3 Å². The molecule has 0 heteroatoms. The average molecular weight is 126 g/mol. The lowest BCUT2D eigenvalue weighted by Gasteiger charge is -2.29. The summed E-state index contributed by atoms with van der Waals surface area (Å²) in [6, 6.07) is 0. The first-order valence-electron chi connectivity index (χ1n) is 4.20. The van der Waals surface area contributed by atoms with Crippen LogP contribution in [0.2, 0.25) is 0 Å². The van der Waals surface area contributed by atoms with Crippen LogP contribution in [0.15, 0.2) is 0 Å². The van der Waals surface area contributed by atoms with E-state index in [0.29, 0.717) is 0 Å². The fourth-order valence-corrected chi connectivity index (χ4v) is 1.82. The third-order valence-corrected chi connectivity index (χ3v) is 2.86. The van der Waals surface area contributed by atoms with Crippen molar-refractivity contribution in [2.24, 2.45) is 17.8 Å². The molecule has 0 aromatic heterocycles. The van der Waals surface area contributed by atoms with E-state index in [2.05, 4.69) is 20.8 Å². The van der Waals surface area contributed by atoms with Crippen molar-refractivity contribution in [2.45, 2.75) is 40.0 Å². The topological polar surface area (TPSA) is 0 Å². The Hall–Kier alpha value is 0. The van der Waals surface area contributed by atoms with Crippen molar-refractivity contribution in [1.82, 2.24) is 0 Å². The molecule has 1 unspecified atom stereocenters. The molecule has 0 nitrogen and oxygen atoms in total. The lowest BCUT2D eigenvalue weighted by atomic mass is 9.77. The van der Waals surface area contributed by atoms with Gasteiger partial charge in [0.25, 0.3) is 0 Å². The average Bonchev–Trinajstić information content (AvgIpc) is 1.80. The van der Waals surface area contributed by atoms with Crippen LogP contribution in [-0.4, -0.2) is 0 Å². The van der Waals surface area contributed by atoms with Gasteiger partial charge in [-0.2, -0.15) is 0 Å². The Morgan fingerprint density at radius 3 is 2.00 bits per heavy atom. The molecule has 0 aliphatic heterocycles. The summed E-state index contributed by atoms with van der Waals surface area (Å²) in [6.45, 7) is 7.15. The van der Waals surface area contributed by atoms with Crippen molar-refractivity contribution in [3.05, 3.63) is 0 Å². The molecule has 0 saturated heterocycles. The van der Waals surface area contributed by atoms with Crippen molar-refractivity contribution >= 4 is 0 Å². The maximum Gasteiger partial charge on any atom is -0.0414 e. The fraction of sp³-hybridized carbons (Fsp3) is 1.00. The summed E-state index contributed by atoms with van der Waals surface area (Å²) in [5.41, 5.74) is 0. The standard InChI is InChI=1S/C9H18/c1-7-4-5-8(2)9(3)6-7/h7-9H,4-6H2,1-3H3/t7?,8-,9+/m0/s1. The highest BCUT2D eigenvalue weighted by Crippen LogP contribution is 2.32.